The van der Waals surface area contributed by atoms with E-state index in [-0.39, 0.29) is 18.1 Å². The Bertz CT molecular complexity index is 1240. The van der Waals surface area contributed by atoms with Gasteiger partial charge < -0.3 is 20.1 Å². The predicted molar refractivity (Wildman–Crippen MR) is 150 cm³/mol. The number of hydrogen-bond donors (Lipinski definition) is 2. The van der Waals surface area contributed by atoms with Crippen molar-refractivity contribution in [3.63, 3.8) is 0 Å². The Balaban J connectivity index is 1.51. The molecule has 196 valence electrons. The van der Waals surface area contributed by atoms with E-state index in [0.717, 1.165) is 59.7 Å². The number of carbonyl (C=O) groups excluding carboxylic acids is 1. The van der Waals surface area contributed by atoms with E-state index in [2.05, 4.69) is 52.0 Å². The molecule has 0 saturated carbocycles. The van der Waals surface area contributed by atoms with Crippen molar-refractivity contribution in [3.8, 4) is 17.0 Å². The number of aliphatic imine (C=N–C) groups is 1. The number of rotatable bonds is 9. The number of ether oxygens (including phenoxy) is 2. The molecular weight excluding hydrogens is 466 g/mol. The van der Waals surface area contributed by atoms with E-state index in [4.69, 9.17) is 9.47 Å². The molecule has 2 aliphatic rings. The van der Waals surface area contributed by atoms with E-state index in [1.807, 2.05) is 32.2 Å². The highest BCUT2D eigenvalue weighted by atomic mass is 16.5. The molecule has 3 heterocycles. The summed E-state index contributed by atoms with van der Waals surface area (Å²) in [7, 11) is 3.42. The van der Waals surface area contributed by atoms with E-state index in [1.54, 1.807) is 19.4 Å². The van der Waals surface area contributed by atoms with E-state index in [1.165, 1.54) is 0 Å². The molecule has 0 spiro atoms. The topological polar surface area (TPSA) is 88.1 Å². The van der Waals surface area contributed by atoms with Crippen molar-refractivity contribution < 1.29 is 14.3 Å². The van der Waals surface area contributed by atoms with Crippen molar-refractivity contribution in [3.05, 3.63) is 53.9 Å². The maximum atomic E-state index is 13.2. The minimum Gasteiger partial charge on any atom is -0.480 e. The summed E-state index contributed by atoms with van der Waals surface area (Å²) in [5.74, 6) is 0.304. The van der Waals surface area contributed by atoms with Crippen molar-refractivity contribution in [2.24, 2.45) is 4.99 Å². The fraction of sp³-hybridized carbons (Fsp3) is 0.414. The van der Waals surface area contributed by atoms with Crippen molar-refractivity contribution in [1.82, 2.24) is 9.88 Å². The highest BCUT2D eigenvalue weighted by Crippen LogP contribution is 2.33. The molecule has 37 heavy (non-hydrogen) atoms. The van der Waals surface area contributed by atoms with Crippen molar-refractivity contribution in [2.45, 2.75) is 45.8 Å². The Morgan fingerprint density at radius 1 is 1.27 bits per heavy atom. The molecule has 2 unspecified atom stereocenters. The highest BCUT2D eigenvalue weighted by Gasteiger charge is 2.26. The van der Waals surface area contributed by atoms with E-state index < -0.39 is 0 Å². The number of hydrogen-bond acceptors (Lipinski definition) is 7. The Labute approximate surface area is 219 Å². The zero-order valence-electron chi connectivity index (χ0n) is 22.4. The van der Waals surface area contributed by atoms with Gasteiger partial charge in [0.2, 0.25) is 5.88 Å². The van der Waals surface area contributed by atoms with Crippen LogP contribution in [0.2, 0.25) is 0 Å². The average Bonchev–Trinajstić information content (AvgIpc) is 3.36. The maximum absolute atomic E-state index is 13.2. The number of nitrogens with zero attached hydrogens (tertiary/aromatic N) is 3. The van der Waals surface area contributed by atoms with Gasteiger partial charge in [-0.15, -0.1) is 0 Å². The van der Waals surface area contributed by atoms with Gasteiger partial charge >= 0.3 is 0 Å². The first-order valence-electron chi connectivity index (χ1n) is 12.8. The lowest BCUT2D eigenvalue weighted by Crippen LogP contribution is -2.47. The molecule has 8 heteroatoms. The Morgan fingerprint density at radius 2 is 2.05 bits per heavy atom. The molecule has 1 fully saturated rings. The van der Waals surface area contributed by atoms with Crippen LogP contribution in [0.3, 0.4) is 0 Å². The standard InChI is InChI=1S/C29H37N5O3/c1-7-23-17-34(15-19(4)37-23)16-22-9-10-25(32-22)28(35)33-26-12-20(11-18(3)24(26)8-2)21-13-27(30-5)29(36-6)31-14-21/h8,10-14,19,23,30H,2,7,9,15-17H2,1,3-6H3,(H,33,35). The van der Waals surface area contributed by atoms with Crippen LogP contribution in [0.15, 0.2) is 47.7 Å². The minimum atomic E-state index is -0.222. The summed E-state index contributed by atoms with van der Waals surface area (Å²) in [4.78, 5) is 24.7. The molecule has 1 aromatic carbocycles. The molecule has 1 aromatic heterocycles. The van der Waals surface area contributed by atoms with Crippen molar-refractivity contribution in [2.75, 3.05) is 44.4 Å². The quantitative estimate of drug-likeness (QED) is 0.505. The van der Waals surface area contributed by atoms with E-state index >= 15 is 0 Å². The fourth-order valence-corrected chi connectivity index (χ4v) is 4.95. The smallest absolute Gasteiger partial charge is 0.273 e. The van der Waals surface area contributed by atoms with Crippen LogP contribution in [-0.2, 0) is 9.53 Å². The molecule has 0 bridgehead atoms. The van der Waals surface area contributed by atoms with Crippen LogP contribution in [0, 0.1) is 6.92 Å². The fourth-order valence-electron chi connectivity index (χ4n) is 4.95. The molecule has 4 rings (SSSR count). The summed E-state index contributed by atoms with van der Waals surface area (Å²) < 4.78 is 11.3. The third-order valence-electron chi connectivity index (χ3n) is 6.79. The van der Waals surface area contributed by atoms with Gasteiger partial charge in [-0.1, -0.05) is 25.6 Å². The maximum Gasteiger partial charge on any atom is 0.273 e. The number of aryl methyl sites for hydroxylation is 1. The van der Waals surface area contributed by atoms with Crippen molar-refractivity contribution >= 4 is 29.1 Å². The lowest BCUT2D eigenvalue weighted by Gasteiger charge is -2.36. The van der Waals surface area contributed by atoms with E-state index in [0.29, 0.717) is 23.7 Å². The summed E-state index contributed by atoms with van der Waals surface area (Å²) in [5.41, 5.74) is 6.65. The third-order valence-corrected chi connectivity index (χ3v) is 6.79. The van der Waals surface area contributed by atoms with Crippen LogP contribution in [0.25, 0.3) is 17.2 Å². The number of anilines is 2. The normalized spacial score (nSPS) is 19.7. The average molecular weight is 504 g/mol. The number of amides is 1. The number of nitrogens with one attached hydrogen (secondary N) is 2. The molecule has 2 aromatic rings. The molecule has 0 radical (unpaired) electrons. The number of benzene rings is 1. The van der Waals surface area contributed by atoms with Crippen LogP contribution in [0.5, 0.6) is 5.88 Å². The second kappa shape index (κ2) is 11.7. The highest BCUT2D eigenvalue weighted by molar-refractivity contribution is 6.09. The number of pyridine rings is 1. The predicted octanol–water partition coefficient (Wildman–Crippen LogP) is 4.92. The van der Waals surface area contributed by atoms with E-state index in [9.17, 15) is 4.79 Å². The molecule has 2 aliphatic heterocycles. The minimum absolute atomic E-state index is 0.203. The molecule has 1 saturated heterocycles. The Morgan fingerprint density at radius 3 is 2.76 bits per heavy atom. The number of methoxy groups -OCH3 is 1. The van der Waals surface area contributed by atoms with Gasteiger partial charge in [0.05, 0.1) is 25.0 Å². The van der Waals surface area contributed by atoms with Crippen LogP contribution < -0.4 is 15.4 Å². The van der Waals surface area contributed by atoms with Gasteiger partial charge in [0.25, 0.3) is 5.91 Å². The first-order chi connectivity index (χ1) is 17.8. The van der Waals surface area contributed by atoms with Crippen molar-refractivity contribution in [1.29, 1.82) is 0 Å². The van der Waals surface area contributed by atoms with Gasteiger partial charge in [-0.25, -0.2) is 4.98 Å². The lowest BCUT2D eigenvalue weighted by atomic mass is 9.98. The molecule has 0 aliphatic carbocycles. The van der Waals surface area contributed by atoms with Crippen LogP contribution in [0.1, 0.15) is 37.8 Å². The van der Waals surface area contributed by atoms with Gasteiger partial charge in [-0.2, -0.15) is 0 Å². The Kier molecular flexibility index (Phi) is 8.41. The second-order valence-corrected chi connectivity index (χ2v) is 9.59. The molecule has 2 atom stereocenters. The lowest BCUT2D eigenvalue weighted by molar-refractivity contribution is -0.112. The van der Waals surface area contributed by atoms with Gasteiger partial charge in [0.1, 0.15) is 5.70 Å². The summed E-state index contributed by atoms with van der Waals surface area (Å²) in [6.45, 7) is 12.7. The van der Waals surface area contributed by atoms with Crippen LogP contribution in [-0.4, -0.2) is 67.5 Å². The zero-order chi connectivity index (χ0) is 26.5. The number of allylic oxidation sites excluding steroid dienone is 1. The summed E-state index contributed by atoms with van der Waals surface area (Å²) in [5, 5.41) is 6.19. The van der Waals surface area contributed by atoms with Gasteiger partial charge in [-0.3, -0.25) is 14.7 Å². The van der Waals surface area contributed by atoms with Crippen LogP contribution >= 0.6 is 0 Å². The largest absolute Gasteiger partial charge is 0.480 e. The SMILES string of the molecule is C=Cc1c(C)cc(-c2cnc(OC)c(NC)c2)cc1NC(=O)C1=CCC(CN2CC(C)OC(CC)C2)=N1. The Hall–Kier alpha value is -3.49. The van der Waals surface area contributed by atoms with Crippen LogP contribution in [0.4, 0.5) is 11.4 Å². The molecule has 8 nitrogen and oxygen atoms in total. The molecule has 2 N–H and O–H groups in total. The first-order valence-corrected chi connectivity index (χ1v) is 12.8. The second-order valence-electron chi connectivity index (χ2n) is 9.59. The monoisotopic (exact) mass is 503 g/mol. The first kappa shape index (κ1) is 26.6. The summed E-state index contributed by atoms with van der Waals surface area (Å²) in [6.07, 6.45) is 7.56. The number of aromatic nitrogens is 1. The molecule has 1 amide bonds. The van der Waals surface area contributed by atoms with Gasteiger partial charge in [-0.05, 0) is 49.6 Å². The summed E-state index contributed by atoms with van der Waals surface area (Å²) >= 11 is 0. The van der Waals surface area contributed by atoms with Gasteiger partial charge in [0.15, 0.2) is 0 Å². The number of morpholine rings is 1. The molecular formula is C29H37N5O3. The summed E-state index contributed by atoms with van der Waals surface area (Å²) in [6, 6.07) is 5.99. The number of carbonyl (C=O) groups is 1. The third kappa shape index (κ3) is 6.09. The zero-order valence-corrected chi connectivity index (χ0v) is 22.4. The van der Waals surface area contributed by atoms with Gasteiger partial charge in [0, 0.05) is 61.8 Å².